The van der Waals surface area contributed by atoms with Gasteiger partial charge in [0.05, 0.1) is 10.6 Å². The number of thiol groups is 1. The summed E-state index contributed by atoms with van der Waals surface area (Å²) in [5, 5.41) is 3.22. The maximum atomic E-state index is 11.6. The lowest BCUT2D eigenvalue weighted by Gasteiger charge is -2.09. The Bertz CT molecular complexity index is 352. The molecule has 0 unspecified atom stereocenters. The second kappa shape index (κ2) is 4.71. The SMILES string of the molecule is CC(C)NC(=O)c1cc(S)ccc1Cl. The van der Waals surface area contributed by atoms with Crippen molar-refractivity contribution < 1.29 is 4.79 Å². The molecule has 1 aromatic carbocycles. The summed E-state index contributed by atoms with van der Waals surface area (Å²) >= 11 is 10.0. The van der Waals surface area contributed by atoms with Gasteiger partial charge in [-0.25, -0.2) is 0 Å². The van der Waals surface area contributed by atoms with Crippen LogP contribution in [0.5, 0.6) is 0 Å². The lowest BCUT2D eigenvalue weighted by atomic mass is 10.2. The standard InChI is InChI=1S/C10H12ClNOS/c1-6(2)12-10(13)8-5-7(14)3-4-9(8)11/h3-6,14H,1-2H3,(H,12,13). The highest BCUT2D eigenvalue weighted by atomic mass is 35.5. The summed E-state index contributed by atoms with van der Waals surface area (Å²) in [5.41, 5.74) is 0.466. The Morgan fingerprint density at radius 1 is 1.50 bits per heavy atom. The second-order valence-electron chi connectivity index (χ2n) is 3.29. The summed E-state index contributed by atoms with van der Waals surface area (Å²) in [4.78, 5) is 12.3. The van der Waals surface area contributed by atoms with E-state index in [0.29, 0.717) is 10.6 Å². The highest BCUT2D eigenvalue weighted by molar-refractivity contribution is 7.80. The first-order valence-electron chi connectivity index (χ1n) is 4.30. The number of hydrogen-bond donors (Lipinski definition) is 2. The van der Waals surface area contributed by atoms with Gasteiger partial charge in [-0.1, -0.05) is 11.6 Å². The van der Waals surface area contributed by atoms with E-state index in [4.69, 9.17) is 11.6 Å². The van der Waals surface area contributed by atoms with Gasteiger partial charge in [-0.05, 0) is 32.0 Å². The van der Waals surface area contributed by atoms with E-state index in [1.807, 2.05) is 13.8 Å². The van der Waals surface area contributed by atoms with Gasteiger partial charge in [-0.3, -0.25) is 4.79 Å². The van der Waals surface area contributed by atoms with Crippen LogP contribution in [0.2, 0.25) is 5.02 Å². The van der Waals surface area contributed by atoms with Crippen LogP contribution in [0.25, 0.3) is 0 Å². The zero-order valence-electron chi connectivity index (χ0n) is 8.04. The van der Waals surface area contributed by atoms with Crippen molar-refractivity contribution in [3.63, 3.8) is 0 Å². The number of benzene rings is 1. The summed E-state index contributed by atoms with van der Waals surface area (Å²) in [7, 11) is 0. The molecule has 0 aliphatic carbocycles. The third-order valence-corrected chi connectivity index (χ3v) is 2.22. The first-order chi connectivity index (χ1) is 6.50. The molecule has 0 spiro atoms. The van der Waals surface area contributed by atoms with E-state index in [9.17, 15) is 4.79 Å². The highest BCUT2D eigenvalue weighted by Gasteiger charge is 2.10. The van der Waals surface area contributed by atoms with Crippen LogP contribution in [-0.4, -0.2) is 11.9 Å². The molecule has 0 atom stereocenters. The minimum absolute atomic E-state index is 0.0992. The van der Waals surface area contributed by atoms with E-state index in [2.05, 4.69) is 17.9 Å². The molecule has 0 heterocycles. The molecule has 0 saturated heterocycles. The Morgan fingerprint density at radius 2 is 2.14 bits per heavy atom. The van der Waals surface area contributed by atoms with Gasteiger partial charge in [-0.15, -0.1) is 12.6 Å². The predicted octanol–water partition coefficient (Wildman–Crippen LogP) is 2.77. The fraction of sp³-hybridized carbons (Fsp3) is 0.300. The van der Waals surface area contributed by atoms with Gasteiger partial charge >= 0.3 is 0 Å². The number of halogens is 1. The summed E-state index contributed by atoms with van der Waals surface area (Å²) in [6.45, 7) is 3.80. The fourth-order valence-electron chi connectivity index (χ4n) is 1.03. The third-order valence-electron chi connectivity index (χ3n) is 1.61. The average Bonchev–Trinajstić information content (AvgIpc) is 2.08. The molecule has 1 aromatic rings. The number of carbonyl (C=O) groups excluding carboxylic acids is 1. The Labute approximate surface area is 94.1 Å². The van der Waals surface area contributed by atoms with Crippen molar-refractivity contribution in [2.75, 3.05) is 0 Å². The van der Waals surface area contributed by atoms with E-state index >= 15 is 0 Å². The molecule has 1 amide bonds. The van der Waals surface area contributed by atoms with Crippen LogP contribution < -0.4 is 5.32 Å². The monoisotopic (exact) mass is 229 g/mol. The first-order valence-corrected chi connectivity index (χ1v) is 5.12. The van der Waals surface area contributed by atoms with Crippen molar-refractivity contribution in [1.29, 1.82) is 0 Å². The van der Waals surface area contributed by atoms with Gasteiger partial charge in [0.25, 0.3) is 5.91 Å². The van der Waals surface area contributed by atoms with E-state index in [0.717, 1.165) is 4.90 Å². The van der Waals surface area contributed by atoms with E-state index in [1.165, 1.54) is 0 Å². The molecule has 0 aliphatic rings. The van der Waals surface area contributed by atoms with Crippen LogP contribution in [0.3, 0.4) is 0 Å². The topological polar surface area (TPSA) is 29.1 Å². The summed E-state index contributed by atoms with van der Waals surface area (Å²) in [6, 6.07) is 5.17. The molecule has 1 rings (SSSR count). The molecule has 0 fully saturated rings. The number of carbonyl (C=O) groups is 1. The lowest BCUT2D eigenvalue weighted by Crippen LogP contribution is -2.30. The van der Waals surface area contributed by atoms with E-state index in [-0.39, 0.29) is 11.9 Å². The maximum Gasteiger partial charge on any atom is 0.253 e. The minimum Gasteiger partial charge on any atom is -0.350 e. The molecule has 0 saturated carbocycles. The molecular weight excluding hydrogens is 218 g/mol. The van der Waals surface area contributed by atoms with Crippen LogP contribution in [-0.2, 0) is 0 Å². The average molecular weight is 230 g/mol. The molecule has 2 nitrogen and oxygen atoms in total. The molecule has 1 N–H and O–H groups in total. The number of rotatable bonds is 2. The number of nitrogens with one attached hydrogen (secondary N) is 1. The van der Waals surface area contributed by atoms with Crippen molar-refractivity contribution in [2.45, 2.75) is 24.8 Å². The zero-order valence-corrected chi connectivity index (χ0v) is 9.69. The lowest BCUT2D eigenvalue weighted by molar-refractivity contribution is 0.0943. The third kappa shape index (κ3) is 2.93. The smallest absolute Gasteiger partial charge is 0.253 e. The van der Waals surface area contributed by atoms with Crippen molar-refractivity contribution in [3.8, 4) is 0 Å². The van der Waals surface area contributed by atoms with Gasteiger partial charge in [0.1, 0.15) is 0 Å². The zero-order chi connectivity index (χ0) is 10.7. The second-order valence-corrected chi connectivity index (χ2v) is 4.22. The van der Waals surface area contributed by atoms with Gasteiger partial charge in [0.2, 0.25) is 0 Å². The number of amides is 1. The van der Waals surface area contributed by atoms with E-state index < -0.39 is 0 Å². The summed E-state index contributed by atoms with van der Waals surface area (Å²) in [6.07, 6.45) is 0. The summed E-state index contributed by atoms with van der Waals surface area (Å²) < 4.78 is 0. The largest absolute Gasteiger partial charge is 0.350 e. The quantitative estimate of drug-likeness (QED) is 0.751. The molecule has 0 aromatic heterocycles. The Balaban J connectivity index is 2.94. The Kier molecular flexibility index (Phi) is 3.84. The molecular formula is C10H12ClNOS. The number of hydrogen-bond acceptors (Lipinski definition) is 2. The summed E-state index contributed by atoms with van der Waals surface area (Å²) in [5.74, 6) is -0.166. The van der Waals surface area contributed by atoms with E-state index in [1.54, 1.807) is 18.2 Å². The van der Waals surface area contributed by atoms with Crippen LogP contribution in [0.15, 0.2) is 23.1 Å². The van der Waals surface area contributed by atoms with Gasteiger partial charge in [-0.2, -0.15) is 0 Å². The first kappa shape index (κ1) is 11.4. The van der Waals surface area contributed by atoms with Crippen LogP contribution in [0.4, 0.5) is 0 Å². The van der Waals surface area contributed by atoms with Crippen LogP contribution >= 0.6 is 24.2 Å². The van der Waals surface area contributed by atoms with Crippen LogP contribution in [0, 0.1) is 0 Å². The molecule has 0 radical (unpaired) electrons. The fourth-order valence-corrected chi connectivity index (χ4v) is 1.43. The minimum atomic E-state index is -0.166. The van der Waals surface area contributed by atoms with Gasteiger partial charge in [0, 0.05) is 10.9 Å². The molecule has 0 aliphatic heterocycles. The normalized spacial score (nSPS) is 10.4. The molecule has 4 heteroatoms. The maximum absolute atomic E-state index is 11.6. The van der Waals surface area contributed by atoms with Crippen molar-refractivity contribution >= 4 is 30.1 Å². The van der Waals surface area contributed by atoms with Crippen LogP contribution in [0.1, 0.15) is 24.2 Å². The van der Waals surface area contributed by atoms with Crippen molar-refractivity contribution in [2.24, 2.45) is 0 Å². The highest BCUT2D eigenvalue weighted by Crippen LogP contribution is 2.19. The van der Waals surface area contributed by atoms with Crippen molar-refractivity contribution in [3.05, 3.63) is 28.8 Å². The molecule has 0 bridgehead atoms. The molecule has 14 heavy (non-hydrogen) atoms. The Hall–Kier alpha value is -0.670. The van der Waals surface area contributed by atoms with Gasteiger partial charge in [0.15, 0.2) is 0 Å². The Morgan fingerprint density at radius 3 is 2.71 bits per heavy atom. The molecule has 76 valence electrons. The van der Waals surface area contributed by atoms with Gasteiger partial charge < -0.3 is 5.32 Å². The van der Waals surface area contributed by atoms with Crippen molar-refractivity contribution in [1.82, 2.24) is 5.32 Å². The predicted molar refractivity (Wildman–Crippen MR) is 61.3 cm³/mol.